The van der Waals surface area contributed by atoms with Crippen LogP contribution in [0.5, 0.6) is 0 Å². The molecule has 0 N–H and O–H groups in total. The molecule has 0 aliphatic carbocycles. The summed E-state index contributed by atoms with van der Waals surface area (Å²) in [4.78, 5) is 24.4. The van der Waals surface area contributed by atoms with Gasteiger partial charge in [0.15, 0.2) is 0 Å². The van der Waals surface area contributed by atoms with Crippen molar-refractivity contribution in [3.8, 4) is 0 Å². The van der Waals surface area contributed by atoms with Crippen molar-refractivity contribution in [3.63, 3.8) is 0 Å². The van der Waals surface area contributed by atoms with Gasteiger partial charge in [-0.1, -0.05) is 0 Å². The first-order valence-corrected chi connectivity index (χ1v) is 6.05. The molecular formula is C12H18F3NO3. The molecule has 1 atom stereocenters. The number of hydrogen-bond acceptors (Lipinski definition) is 3. The standard InChI is InChI=1S/C12H18F3NO3/c1-11(2,3)19-10(18)16-5-4-9(17)8(7-16)6-12(13,14)15/h8H,4-7H2,1-3H3/t8-/m1/s1. The van der Waals surface area contributed by atoms with E-state index in [9.17, 15) is 22.8 Å². The van der Waals surface area contributed by atoms with Crippen LogP contribution in [0.2, 0.25) is 0 Å². The lowest BCUT2D eigenvalue weighted by molar-refractivity contribution is -0.156. The van der Waals surface area contributed by atoms with Crippen molar-refractivity contribution in [3.05, 3.63) is 0 Å². The van der Waals surface area contributed by atoms with Gasteiger partial charge in [0.2, 0.25) is 0 Å². The number of hydrogen-bond donors (Lipinski definition) is 0. The number of ketones is 1. The Morgan fingerprint density at radius 2 is 1.95 bits per heavy atom. The number of amides is 1. The highest BCUT2D eigenvalue weighted by molar-refractivity contribution is 5.84. The third kappa shape index (κ3) is 5.48. The van der Waals surface area contributed by atoms with Crippen LogP contribution < -0.4 is 0 Å². The number of halogens is 3. The van der Waals surface area contributed by atoms with Crippen molar-refractivity contribution < 1.29 is 27.5 Å². The van der Waals surface area contributed by atoms with Crippen molar-refractivity contribution in [1.82, 2.24) is 4.90 Å². The van der Waals surface area contributed by atoms with Gasteiger partial charge in [-0.2, -0.15) is 13.2 Å². The van der Waals surface area contributed by atoms with E-state index in [0.29, 0.717) is 0 Å². The van der Waals surface area contributed by atoms with E-state index in [-0.39, 0.29) is 19.5 Å². The smallest absolute Gasteiger partial charge is 0.410 e. The van der Waals surface area contributed by atoms with E-state index >= 15 is 0 Å². The van der Waals surface area contributed by atoms with Gasteiger partial charge in [0.25, 0.3) is 0 Å². The third-order valence-electron chi connectivity index (χ3n) is 2.65. The average molecular weight is 281 g/mol. The second kappa shape index (κ2) is 5.38. The molecule has 0 radical (unpaired) electrons. The molecule has 1 aliphatic heterocycles. The van der Waals surface area contributed by atoms with Crippen LogP contribution in [-0.2, 0) is 9.53 Å². The number of ether oxygens (including phenoxy) is 1. The Kier molecular flexibility index (Phi) is 4.47. The van der Waals surface area contributed by atoms with Gasteiger partial charge in [0.1, 0.15) is 11.4 Å². The number of likely N-dealkylation sites (tertiary alicyclic amines) is 1. The largest absolute Gasteiger partial charge is 0.444 e. The Bertz CT molecular complexity index is 360. The van der Waals surface area contributed by atoms with Crippen molar-refractivity contribution in [2.75, 3.05) is 13.1 Å². The highest BCUT2D eigenvalue weighted by atomic mass is 19.4. The average Bonchev–Trinajstić information content (AvgIpc) is 2.16. The van der Waals surface area contributed by atoms with E-state index in [1.165, 1.54) is 4.90 Å². The fourth-order valence-electron chi connectivity index (χ4n) is 1.86. The first-order chi connectivity index (χ1) is 8.48. The van der Waals surface area contributed by atoms with Gasteiger partial charge in [0.05, 0.1) is 6.42 Å². The summed E-state index contributed by atoms with van der Waals surface area (Å²) in [6.45, 7) is 4.91. The molecule has 110 valence electrons. The van der Waals surface area contributed by atoms with Crippen LogP contribution >= 0.6 is 0 Å². The molecule has 0 unspecified atom stereocenters. The van der Waals surface area contributed by atoms with Crippen LogP contribution in [0, 0.1) is 5.92 Å². The minimum atomic E-state index is -4.41. The van der Waals surface area contributed by atoms with Crippen molar-refractivity contribution >= 4 is 11.9 Å². The molecule has 1 heterocycles. The van der Waals surface area contributed by atoms with Crippen LogP contribution in [0.15, 0.2) is 0 Å². The van der Waals surface area contributed by atoms with Crippen LogP contribution in [-0.4, -0.2) is 41.6 Å². The van der Waals surface area contributed by atoms with Gasteiger partial charge >= 0.3 is 12.3 Å². The number of nitrogens with zero attached hydrogens (tertiary/aromatic N) is 1. The SMILES string of the molecule is CC(C)(C)OC(=O)N1CCC(=O)[C@H](CC(F)(F)F)C1. The minimum Gasteiger partial charge on any atom is -0.444 e. The summed E-state index contributed by atoms with van der Waals surface area (Å²) >= 11 is 0. The second-order valence-corrected chi connectivity index (χ2v) is 5.66. The predicted molar refractivity (Wildman–Crippen MR) is 61.6 cm³/mol. The van der Waals surface area contributed by atoms with E-state index in [4.69, 9.17) is 4.74 Å². The highest BCUT2D eigenvalue weighted by Gasteiger charge is 2.39. The normalized spacial score (nSPS) is 21.5. The first kappa shape index (κ1) is 15.8. The molecule has 0 aromatic heterocycles. The summed E-state index contributed by atoms with van der Waals surface area (Å²) in [5.74, 6) is -1.63. The van der Waals surface area contributed by atoms with Gasteiger partial charge in [0, 0.05) is 25.4 Å². The van der Waals surface area contributed by atoms with E-state index in [2.05, 4.69) is 0 Å². The maximum absolute atomic E-state index is 12.3. The molecule has 4 nitrogen and oxygen atoms in total. The zero-order chi connectivity index (χ0) is 14.8. The zero-order valence-electron chi connectivity index (χ0n) is 11.2. The quantitative estimate of drug-likeness (QED) is 0.742. The molecule has 0 aromatic rings. The highest BCUT2D eigenvalue weighted by Crippen LogP contribution is 2.29. The number of rotatable bonds is 1. The summed E-state index contributed by atoms with van der Waals surface area (Å²) in [6, 6.07) is 0. The molecule has 0 bridgehead atoms. The van der Waals surface area contributed by atoms with E-state index < -0.39 is 36.0 Å². The maximum Gasteiger partial charge on any atom is 0.410 e. The molecule has 0 saturated carbocycles. The van der Waals surface area contributed by atoms with E-state index in [1.807, 2.05) is 0 Å². The van der Waals surface area contributed by atoms with E-state index in [0.717, 1.165) is 0 Å². The molecule has 1 saturated heterocycles. The number of carbonyl (C=O) groups excluding carboxylic acids is 2. The maximum atomic E-state index is 12.3. The molecule has 0 aromatic carbocycles. The Morgan fingerprint density at radius 3 is 2.42 bits per heavy atom. The lowest BCUT2D eigenvalue weighted by atomic mass is 9.93. The van der Waals surface area contributed by atoms with Crippen LogP contribution in [0.3, 0.4) is 0 Å². The minimum absolute atomic E-state index is 0.0556. The molecular weight excluding hydrogens is 263 g/mol. The van der Waals surface area contributed by atoms with Crippen LogP contribution in [0.4, 0.5) is 18.0 Å². The summed E-state index contributed by atoms with van der Waals surface area (Å²) < 4.78 is 42.1. The Balaban J connectivity index is 2.64. The van der Waals surface area contributed by atoms with Crippen LogP contribution in [0.1, 0.15) is 33.6 Å². The molecule has 1 amide bonds. The first-order valence-electron chi connectivity index (χ1n) is 6.05. The summed E-state index contributed by atoms with van der Waals surface area (Å²) in [5, 5.41) is 0. The predicted octanol–water partition coefficient (Wildman–Crippen LogP) is 2.76. The zero-order valence-corrected chi connectivity index (χ0v) is 11.2. The molecule has 1 fully saturated rings. The van der Waals surface area contributed by atoms with Crippen LogP contribution in [0.25, 0.3) is 0 Å². The Labute approximate surface area is 109 Å². The number of piperidine rings is 1. The number of Topliss-reactive ketones (excluding diaryl/α,β-unsaturated/α-hetero) is 1. The molecule has 7 heteroatoms. The summed E-state index contributed by atoms with van der Waals surface area (Å²) in [6.07, 6.45) is -6.32. The molecule has 19 heavy (non-hydrogen) atoms. The summed E-state index contributed by atoms with van der Waals surface area (Å²) in [7, 11) is 0. The molecule has 1 aliphatic rings. The van der Waals surface area contributed by atoms with Crippen molar-refractivity contribution in [1.29, 1.82) is 0 Å². The number of alkyl halides is 3. The topological polar surface area (TPSA) is 46.6 Å². The fourth-order valence-corrected chi connectivity index (χ4v) is 1.86. The van der Waals surface area contributed by atoms with Gasteiger partial charge in [-0.3, -0.25) is 4.79 Å². The Morgan fingerprint density at radius 1 is 1.37 bits per heavy atom. The Hall–Kier alpha value is -1.27. The van der Waals surface area contributed by atoms with Crippen molar-refractivity contribution in [2.45, 2.75) is 45.4 Å². The van der Waals surface area contributed by atoms with Gasteiger partial charge in [-0.05, 0) is 20.8 Å². The van der Waals surface area contributed by atoms with Crippen molar-refractivity contribution in [2.24, 2.45) is 5.92 Å². The third-order valence-corrected chi connectivity index (χ3v) is 2.65. The lowest BCUT2D eigenvalue weighted by Crippen LogP contribution is -2.47. The van der Waals surface area contributed by atoms with E-state index in [1.54, 1.807) is 20.8 Å². The number of carbonyl (C=O) groups is 2. The van der Waals surface area contributed by atoms with Gasteiger partial charge < -0.3 is 9.64 Å². The molecule has 1 rings (SSSR count). The summed E-state index contributed by atoms with van der Waals surface area (Å²) in [5.41, 5.74) is -0.710. The molecule has 0 spiro atoms. The monoisotopic (exact) mass is 281 g/mol. The second-order valence-electron chi connectivity index (χ2n) is 5.66. The fraction of sp³-hybridized carbons (Fsp3) is 0.833. The van der Waals surface area contributed by atoms with Gasteiger partial charge in [-0.25, -0.2) is 4.79 Å². The lowest BCUT2D eigenvalue weighted by Gasteiger charge is -2.33. The van der Waals surface area contributed by atoms with Gasteiger partial charge in [-0.15, -0.1) is 0 Å².